The van der Waals surface area contributed by atoms with Crippen LogP contribution in [0.4, 0.5) is 10.7 Å². The number of aromatic nitrogens is 2. The van der Waals surface area contributed by atoms with Crippen molar-refractivity contribution < 1.29 is 14.3 Å². The third-order valence-electron chi connectivity index (χ3n) is 5.96. The van der Waals surface area contributed by atoms with Gasteiger partial charge in [0.2, 0.25) is 11.9 Å². The molecule has 0 bridgehead atoms. The molecule has 2 aromatic carbocycles. The van der Waals surface area contributed by atoms with Crippen molar-refractivity contribution in [2.45, 2.75) is 52.2 Å². The van der Waals surface area contributed by atoms with Crippen LogP contribution in [0.3, 0.4) is 0 Å². The predicted octanol–water partition coefficient (Wildman–Crippen LogP) is 5.43. The number of anilines is 1. The zero-order chi connectivity index (χ0) is 26.6. The first-order valence-corrected chi connectivity index (χ1v) is 12.9. The topological polar surface area (TPSA) is 88.5 Å². The summed E-state index contributed by atoms with van der Waals surface area (Å²) in [7, 11) is 0. The Balaban J connectivity index is 1.58. The van der Waals surface area contributed by atoms with Crippen molar-refractivity contribution in [3.63, 3.8) is 0 Å². The SMILES string of the molecule is Cc1ccc(-n2cc(-c3ccc(Cl)cc3)nc2NC(=O)CN(CC2CCCO2)C(=O)NC(C)(C)C)cc1. The minimum absolute atomic E-state index is 0.0791. The van der Waals surface area contributed by atoms with E-state index in [2.05, 4.69) is 10.6 Å². The number of nitrogens with one attached hydrogen (secondary N) is 2. The lowest BCUT2D eigenvalue weighted by molar-refractivity contribution is -0.117. The molecule has 3 amide bonds. The highest BCUT2D eigenvalue weighted by Crippen LogP contribution is 2.26. The summed E-state index contributed by atoms with van der Waals surface area (Å²) in [6, 6.07) is 15.0. The molecule has 1 unspecified atom stereocenters. The molecule has 9 heteroatoms. The average molecular weight is 524 g/mol. The second-order valence-electron chi connectivity index (χ2n) is 10.4. The van der Waals surface area contributed by atoms with Crippen molar-refractivity contribution in [3.05, 3.63) is 65.3 Å². The monoisotopic (exact) mass is 523 g/mol. The number of urea groups is 1. The molecular weight excluding hydrogens is 490 g/mol. The highest BCUT2D eigenvalue weighted by Gasteiger charge is 2.27. The zero-order valence-electron chi connectivity index (χ0n) is 21.8. The van der Waals surface area contributed by atoms with Crippen LogP contribution in [0.1, 0.15) is 39.2 Å². The predicted molar refractivity (Wildman–Crippen MR) is 146 cm³/mol. The van der Waals surface area contributed by atoms with Crippen LogP contribution < -0.4 is 10.6 Å². The van der Waals surface area contributed by atoms with Crippen LogP contribution in [0.5, 0.6) is 0 Å². The Labute approximate surface area is 223 Å². The second kappa shape index (κ2) is 11.4. The van der Waals surface area contributed by atoms with Gasteiger partial charge in [-0.05, 0) is 64.8 Å². The van der Waals surface area contributed by atoms with Crippen molar-refractivity contribution in [2.24, 2.45) is 0 Å². The summed E-state index contributed by atoms with van der Waals surface area (Å²) in [5.74, 6) is 0.0239. The van der Waals surface area contributed by atoms with E-state index in [1.54, 1.807) is 12.1 Å². The minimum Gasteiger partial charge on any atom is -0.376 e. The number of ether oxygens (including phenoxy) is 1. The van der Waals surface area contributed by atoms with Crippen LogP contribution in [-0.4, -0.2) is 57.7 Å². The first-order valence-electron chi connectivity index (χ1n) is 12.5. The van der Waals surface area contributed by atoms with Gasteiger partial charge in [-0.1, -0.05) is 41.4 Å². The Morgan fingerprint density at radius 1 is 1.14 bits per heavy atom. The fourth-order valence-electron chi connectivity index (χ4n) is 4.12. The molecule has 1 saturated heterocycles. The molecule has 0 saturated carbocycles. The highest BCUT2D eigenvalue weighted by molar-refractivity contribution is 6.30. The number of carbonyl (C=O) groups is 2. The molecule has 1 aliphatic rings. The first-order chi connectivity index (χ1) is 17.6. The number of hydrogen-bond donors (Lipinski definition) is 2. The van der Waals surface area contributed by atoms with Gasteiger partial charge in [0, 0.05) is 41.2 Å². The Bertz CT molecular complexity index is 1230. The molecule has 4 rings (SSSR count). The summed E-state index contributed by atoms with van der Waals surface area (Å²) in [6.45, 7) is 8.64. The van der Waals surface area contributed by atoms with Gasteiger partial charge in [-0.25, -0.2) is 9.78 Å². The number of nitrogens with zero attached hydrogens (tertiary/aromatic N) is 3. The molecule has 8 nitrogen and oxygen atoms in total. The molecule has 0 radical (unpaired) electrons. The molecule has 0 spiro atoms. The first kappa shape index (κ1) is 26.7. The number of rotatable bonds is 7. The van der Waals surface area contributed by atoms with Gasteiger partial charge in [-0.3, -0.25) is 14.7 Å². The van der Waals surface area contributed by atoms with E-state index in [4.69, 9.17) is 21.3 Å². The van der Waals surface area contributed by atoms with Crippen LogP contribution in [0.25, 0.3) is 16.9 Å². The van der Waals surface area contributed by atoms with E-state index >= 15 is 0 Å². The minimum atomic E-state index is -0.433. The quantitative estimate of drug-likeness (QED) is 0.432. The van der Waals surface area contributed by atoms with Gasteiger partial charge in [0.05, 0.1) is 11.8 Å². The van der Waals surface area contributed by atoms with Gasteiger partial charge in [-0.15, -0.1) is 0 Å². The smallest absolute Gasteiger partial charge is 0.318 e. The molecule has 2 N–H and O–H groups in total. The lowest BCUT2D eigenvalue weighted by Gasteiger charge is -2.29. The lowest BCUT2D eigenvalue weighted by Crippen LogP contribution is -2.52. The van der Waals surface area contributed by atoms with Gasteiger partial charge in [0.15, 0.2) is 0 Å². The number of carbonyl (C=O) groups excluding carboxylic acids is 2. The van der Waals surface area contributed by atoms with Crippen molar-refractivity contribution in [1.82, 2.24) is 19.8 Å². The molecule has 1 aromatic heterocycles. The third-order valence-corrected chi connectivity index (χ3v) is 6.21. The Morgan fingerprint density at radius 2 is 1.84 bits per heavy atom. The summed E-state index contributed by atoms with van der Waals surface area (Å²) >= 11 is 6.06. The number of aryl methyl sites for hydroxylation is 1. The van der Waals surface area contributed by atoms with E-state index in [9.17, 15) is 9.59 Å². The molecule has 1 atom stereocenters. The largest absolute Gasteiger partial charge is 0.376 e. The molecule has 2 heterocycles. The maximum absolute atomic E-state index is 13.3. The molecule has 37 heavy (non-hydrogen) atoms. The summed E-state index contributed by atoms with van der Waals surface area (Å²) in [4.78, 5) is 32.5. The van der Waals surface area contributed by atoms with E-state index in [0.29, 0.717) is 29.8 Å². The fraction of sp³-hybridized carbons (Fsp3) is 0.393. The normalized spacial score (nSPS) is 15.4. The van der Waals surface area contributed by atoms with Gasteiger partial charge in [-0.2, -0.15) is 0 Å². The van der Waals surface area contributed by atoms with Crippen molar-refractivity contribution in [3.8, 4) is 16.9 Å². The fourth-order valence-corrected chi connectivity index (χ4v) is 4.25. The van der Waals surface area contributed by atoms with Crippen molar-refractivity contribution in [1.29, 1.82) is 0 Å². The summed E-state index contributed by atoms with van der Waals surface area (Å²) in [5.41, 5.74) is 3.11. The van der Waals surface area contributed by atoms with Crippen LogP contribution in [0.2, 0.25) is 5.02 Å². The van der Waals surface area contributed by atoms with Gasteiger partial charge < -0.3 is 15.0 Å². The van der Waals surface area contributed by atoms with Crippen LogP contribution in [0.15, 0.2) is 54.7 Å². The van der Waals surface area contributed by atoms with Crippen LogP contribution in [0, 0.1) is 6.92 Å². The Morgan fingerprint density at radius 3 is 2.46 bits per heavy atom. The summed E-state index contributed by atoms with van der Waals surface area (Å²) < 4.78 is 7.57. The Hall–Kier alpha value is -3.36. The number of hydrogen-bond acceptors (Lipinski definition) is 4. The van der Waals surface area contributed by atoms with Crippen LogP contribution >= 0.6 is 11.6 Å². The van der Waals surface area contributed by atoms with E-state index in [1.165, 1.54) is 4.90 Å². The maximum atomic E-state index is 13.3. The Kier molecular flexibility index (Phi) is 8.19. The highest BCUT2D eigenvalue weighted by atomic mass is 35.5. The number of amides is 3. The van der Waals surface area contributed by atoms with E-state index < -0.39 is 5.54 Å². The molecule has 3 aromatic rings. The second-order valence-corrected chi connectivity index (χ2v) is 10.8. The van der Waals surface area contributed by atoms with E-state index in [1.807, 2.05) is 74.9 Å². The number of imidazole rings is 1. The van der Waals surface area contributed by atoms with E-state index in [-0.39, 0.29) is 24.6 Å². The van der Waals surface area contributed by atoms with Crippen molar-refractivity contribution in [2.75, 3.05) is 25.0 Å². The standard InChI is InChI=1S/C28H34ClN5O3/c1-19-7-13-22(14-8-19)34-17-24(20-9-11-21(29)12-10-20)30-26(34)31-25(35)18-33(16-23-6-5-15-37-23)27(36)32-28(2,3)4/h7-14,17,23H,5-6,15-16,18H2,1-4H3,(H,32,36)(H,30,31,35). The molecule has 196 valence electrons. The summed E-state index contributed by atoms with van der Waals surface area (Å²) in [6.07, 6.45) is 3.61. The molecular formula is C28H34ClN5O3. The lowest BCUT2D eigenvalue weighted by atomic mass is 10.1. The average Bonchev–Trinajstić information content (AvgIpc) is 3.49. The third kappa shape index (κ3) is 7.33. The molecule has 1 fully saturated rings. The van der Waals surface area contributed by atoms with Gasteiger partial charge in [0.25, 0.3) is 0 Å². The van der Waals surface area contributed by atoms with Crippen LogP contribution in [-0.2, 0) is 9.53 Å². The number of halogens is 1. The van der Waals surface area contributed by atoms with Gasteiger partial charge in [0.1, 0.15) is 6.54 Å². The van der Waals surface area contributed by atoms with E-state index in [0.717, 1.165) is 29.7 Å². The molecule has 1 aliphatic heterocycles. The zero-order valence-corrected chi connectivity index (χ0v) is 22.5. The maximum Gasteiger partial charge on any atom is 0.318 e. The van der Waals surface area contributed by atoms with Gasteiger partial charge >= 0.3 is 6.03 Å². The molecule has 0 aliphatic carbocycles. The van der Waals surface area contributed by atoms with Crippen molar-refractivity contribution >= 4 is 29.5 Å². The summed E-state index contributed by atoms with van der Waals surface area (Å²) in [5, 5.41) is 6.51. The number of benzene rings is 2.